The van der Waals surface area contributed by atoms with Gasteiger partial charge in [-0.2, -0.15) is 0 Å². The molecule has 0 aliphatic heterocycles. The van der Waals surface area contributed by atoms with E-state index in [-0.39, 0.29) is 6.15 Å². The molecule has 0 heterocycles. The van der Waals surface area contributed by atoms with Crippen molar-refractivity contribution in [3.8, 4) is 0 Å². The molecule has 0 aliphatic carbocycles. The van der Waals surface area contributed by atoms with E-state index in [0.29, 0.717) is 0 Å². The third-order valence-corrected chi connectivity index (χ3v) is 1.26. The zero-order valence-corrected chi connectivity index (χ0v) is 6.41. The number of hydrogen-bond donors (Lipinski definition) is 2. The molecule has 0 aromatic carbocycles. The van der Waals surface area contributed by atoms with Gasteiger partial charge in [-0.3, -0.25) is 0 Å². The lowest BCUT2D eigenvalue weighted by Crippen LogP contribution is -1.96. The molecular weight excluding hydrogens is 92.1 g/mol. The van der Waals surface area contributed by atoms with Crippen molar-refractivity contribution in [2.24, 2.45) is 5.73 Å². The van der Waals surface area contributed by atoms with Crippen molar-refractivity contribution in [2.45, 2.75) is 12.5 Å². The van der Waals surface area contributed by atoms with Gasteiger partial charge in [-0.1, -0.05) is 6.04 Å². The van der Waals surface area contributed by atoms with Crippen LogP contribution < -0.4 is 11.9 Å². The smallest absolute Gasteiger partial charge is 0.00286 e. The molecule has 0 atom stereocenters. The second-order valence-corrected chi connectivity index (χ2v) is 2.14. The first-order chi connectivity index (χ1) is 2.41. The SMILES string of the molecule is N.NCCC[SiH3]. The summed E-state index contributed by atoms with van der Waals surface area (Å²) in [7, 11) is 1.32. The van der Waals surface area contributed by atoms with E-state index in [0.717, 1.165) is 6.54 Å². The fourth-order valence-electron chi connectivity index (χ4n) is 0.204. The maximum atomic E-state index is 5.16. The molecule has 0 aromatic heterocycles. The molecule has 0 rings (SSSR count). The normalized spacial score (nSPS) is 7.50. The third-order valence-electron chi connectivity index (χ3n) is 0.558. The Morgan fingerprint density at radius 1 is 1.50 bits per heavy atom. The Morgan fingerprint density at radius 3 is 2.00 bits per heavy atom. The standard InChI is InChI=1S/C3H11NSi.H3N/c4-2-1-3-5;/h1-4H2,5H3;1H3. The van der Waals surface area contributed by atoms with Gasteiger partial charge in [-0.25, -0.2) is 0 Å². The summed E-state index contributed by atoms with van der Waals surface area (Å²) < 4.78 is 0. The highest BCUT2D eigenvalue weighted by molar-refractivity contribution is 6.08. The van der Waals surface area contributed by atoms with Crippen molar-refractivity contribution in [1.82, 2.24) is 6.15 Å². The highest BCUT2D eigenvalue weighted by Crippen LogP contribution is 1.74. The van der Waals surface area contributed by atoms with Crippen LogP contribution in [0.3, 0.4) is 0 Å². The van der Waals surface area contributed by atoms with E-state index in [2.05, 4.69) is 0 Å². The molecule has 40 valence electrons. The monoisotopic (exact) mass is 106 g/mol. The molecule has 0 aliphatic rings. The summed E-state index contributed by atoms with van der Waals surface area (Å²) in [4.78, 5) is 0. The van der Waals surface area contributed by atoms with Crippen LogP contribution in [-0.2, 0) is 0 Å². The molecule has 0 saturated heterocycles. The average Bonchev–Trinajstić information content (AvgIpc) is 1.41. The summed E-state index contributed by atoms with van der Waals surface area (Å²) in [5.74, 6) is 0. The highest BCUT2D eigenvalue weighted by atomic mass is 28.1. The van der Waals surface area contributed by atoms with Crippen LogP contribution in [-0.4, -0.2) is 16.8 Å². The van der Waals surface area contributed by atoms with Gasteiger partial charge in [-0.05, 0) is 13.0 Å². The van der Waals surface area contributed by atoms with Gasteiger partial charge in [-0.15, -0.1) is 0 Å². The summed E-state index contributed by atoms with van der Waals surface area (Å²) in [6, 6.07) is 1.36. The Kier molecular flexibility index (Phi) is 14.1. The fraction of sp³-hybridized carbons (Fsp3) is 1.00. The molecule has 5 N–H and O–H groups in total. The van der Waals surface area contributed by atoms with Crippen LogP contribution in [0.2, 0.25) is 6.04 Å². The second kappa shape index (κ2) is 8.93. The van der Waals surface area contributed by atoms with Crippen LogP contribution in [0.4, 0.5) is 0 Å². The lowest BCUT2D eigenvalue weighted by molar-refractivity contribution is 0.930. The lowest BCUT2D eigenvalue weighted by Gasteiger charge is -1.80. The Hall–Kier alpha value is 0.137. The van der Waals surface area contributed by atoms with Crippen LogP contribution in [0.15, 0.2) is 0 Å². The van der Waals surface area contributed by atoms with Crippen LogP contribution in [0.5, 0.6) is 0 Å². The first kappa shape index (κ1) is 9.46. The number of rotatable bonds is 2. The van der Waals surface area contributed by atoms with Gasteiger partial charge in [0.05, 0.1) is 0 Å². The van der Waals surface area contributed by atoms with E-state index >= 15 is 0 Å². The Bertz CT molecular complexity index is 16.3. The minimum absolute atomic E-state index is 0. The predicted molar refractivity (Wildman–Crippen MR) is 33.4 cm³/mol. The minimum Gasteiger partial charge on any atom is -0.344 e. The van der Waals surface area contributed by atoms with E-state index in [1.54, 1.807) is 0 Å². The van der Waals surface area contributed by atoms with Crippen molar-refractivity contribution in [3.05, 3.63) is 0 Å². The van der Waals surface area contributed by atoms with E-state index in [1.165, 1.54) is 22.7 Å². The zero-order chi connectivity index (χ0) is 4.12. The second-order valence-electron chi connectivity index (χ2n) is 1.14. The zero-order valence-electron chi connectivity index (χ0n) is 4.41. The summed E-state index contributed by atoms with van der Waals surface area (Å²) in [5.41, 5.74) is 5.16. The molecule has 0 radical (unpaired) electrons. The van der Waals surface area contributed by atoms with E-state index < -0.39 is 0 Å². The van der Waals surface area contributed by atoms with Crippen LogP contribution in [0, 0.1) is 0 Å². The van der Waals surface area contributed by atoms with Crippen LogP contribution in [0.25, 0.3) is 0 Å². The molecular formula is C3H14N2Si. The Balaban J connectivity index is 0. The van der Waals surface area contributed by atoms with Gasteiger partial charge in [0.15, 0.2) is 0 Å². The number of hydrogen-bond acceptors (Lipinski definition) is 2. The van der Waals surface area contributed by atoms with Gasteiger partial charge in [0.25, 0.3) is 0 Å². The average molecular weight is 106 g/mol. The largest absolute Gasteiger partial charge is 0.344 e. The third kappa shape index (κ3) is 8.91. The van der Waals surface area contributed by atoms with E-state index in [4.69, 9.17) is 5.73 Å². The summed E-state index contributed by atoms with van der Waals surface area (Å²) in [6.07, 6.45) is 1.23. The van der Waals surface area contributed by atoms with Gasteiger partial charge in [0, 0.05) is 10.2 Å². The number of nitrogens with two attached hydrogens (primary N) is 1. The molecule has 0 unspecified atom stereocenters. The quantitative estimate of drug-likeness (QED) is 0.456. The van der Waals surface area contributed by atoms with Crippen molar-refractivity contribution >= 4 is 10.2 Å². The van der Waals surface area contributed by atoms with Crippen LogP contribution >= 0.6 is 0 Å². The van der Waals surface area contributed by atoms with Crippen molar-refractivity contribution in [3.63, 3.8) is 0 Å². The molecule has 0 amide bonds. The van der Waals surface area contributed by atoms with Crippen LogP contribution in [0.1, 0.15) is 6.42 Å². The Morgan fingerprint density at radius 2 is 2.00 bits per heavy atom. The lowest BCUT2D eigenvalue weighted by atomic mass is 10.5. The van der Waals surface area contributed by atoms with E-state index in [9.17, 15) is 0 Å². The fourth-order valence-corrected chi connectivity index (χ4v) is 0.612. The highest BCUT2D eigenvalue weighted by Gasteiger charge is 1.68. The molecule has 0 bridgehead atoms. The summed E-state index contributed by atoms with van der Waals surface area (Å²) in [6.45, 7) is 0.878. The molecule has 0 aromatic rings. The van der Waals surface area contributed by atoms with E-state index in [1.807, 2.05) is 0 Å². The molecule has 0 spiro atoms. The summed E-state index contributed by atoms with van der Waals surface area (Å²) >= 11 is 0. The molecule has 6 heavy (non-hydrogen) atoms. The van der Waals surface area contributed by atoms with Crippen molar-refractivity contribution < 1.29 is 0 Å². The maximum absolute atomic E-state index is 5.16. The minimum atomic E-state index is 0. The van der Waals surface area contributed by atoms with Crippen molar-refractivity contribution in [1.29, 1.82) is 0 Å². The molecule has 2 nitrogen and oxygen atoms in total. The topological polar surface area (TPSA) is 61.0 Å². The van der Waals surface area contributed by atoms with Gasteiger partial charge in [0.1, 0.15) is 0 Å². The first-order valence-corrected chi connectivity index (χ1v) is 3.53. The molecule has 0 saturated carbocycles. The van der Waals surface area contributed by atoms with Gasteiger partial charge >= 0.3 is 0 Å². The van der Waals surface area contributed by atoms with Gasteiger partial charge < -0.3 is 11.9 Å². The first-order valence-electron chi connectivity index (χ1n) is 2.12. The Labute approximate surface area is 42.1 Å². The van der Waals surface area contributed by atoms with Gasteiger partial charge in [0.2, 0.25) is 0 Å². The summed E-state index contributed by atoms with van der Waals surface area (Å²) in [5, 5.41) is 0. The van der Waals surface area contributed by atoms with Crippen molar-refractivity contribution in [2.75, 3.05) is 6.54 Å². The predicted octanol–water partition coefficient (Wildman–Crippen LogP) is -0.719. The molecule has 3 heteroatoms. The maximum Gasteiger partial charge on any atom is 0.00286 e. The molecule has 0 fully saturated rings.